The number of amides is 1. The smallest absolute Gasteiger partial charge is 0.293 e. The number of nitrogens with zero attached hydrogens (tertiary/aromatic N) is 3. The molecular weight excluding hydrogens is 554 g/mol. The van der Waals surface area contributed by atoms with Crippen molar-refractivity contribution in [3.05, 3.63) is 99.5 Å². The molecule has 1 saturated heterocycles. The van der Waals surface area contributed by atoms with Crippen LogP contribution in [-0.2, 0) is 23.7 Å². The van der Waals surface area contributed by atoms with Crippen LogP contribution in [0.5, 0.6) is 5.75 Å². The number of anilines is 3. The summed E-state index contributed by atoms with van der Waals surface area (Å²) in [5.41, 5.74) is 6.20. The van der Waals surface area contributed by atoms with Gasteiger partial charge < -0.3 is 24.7 Å². The quantitative estimate of drug-likeness (QED) is 0.262. The van der Waals surface area contributed by atoms with E-state index in [9.17, 15) is 9.59 Å². The van der Waals surface area contributed by atoms with Crippen molar-refractivity contribution in [2.75, 3.05) is 44.0 Å². The van der Waals surface area contributed by atoms with Gasteiger partial charge in [0.2, 0.25) is 0 Å². The van der Waals surface area contributed by atoms with Gasteiger partial charge in [0.1, 0.15) is 5.75 Å². The Labute approximate surface area is 258 Å². The standard InChI is InChI=1S/C35H41N5O4/c1-23-28(8-7-9-29(23)38-33(41)24-10-13-26(14-11-24)35(2,3)4)30-22-39(5)34(42)32(37-30)36-27-15-12-25(31(20-27)43-6)21-40-16-18-44-19-17-40/h7-15,20,22H,16-19,21H2,1-6H3,(H,36,37)(H,38,41). The lowest BCUT2D eigenvalue weighted by molar-refractivity contribution is 0.0339. The van der Waals surface area contributed by atoms with E-state index in [2.05, 4.69) is 36.3 Å². The predicted octanol–water partition coefficient (Wildman–Crippen LogP) is 5.89. The molecule has 4 aromatic rings. The number of hydrogen-bond donors (Lipinski definition) is 2. The zero-order valence-electron chi connectivity index (χ0n) is 26.4. The number of benzene rings is 3. The summed E-state index contributed by atoms with van der Waals surface area (Å²) in [4.78, 5) is 33.3. The molecule has 0 atom stereocenters. The molecule has 1 aliphatic heterocycles. The minimum atomic E-state index is -0.258. The molecule has 1 fully saturated rings. The van der Waals surface area contributed by atoms with Crippen LogP contribution in [0.25, 0.3) is 11.3 Å². The fourth-order valence-electron chi connectivity index (χ4n) is 5.27. The van der Waals surface area contributed by atoms with E-state index in [0.29, 0.717) is 22.6 Å². The number of aryl methyl sites for hydroxylation is 1. The van der Waals surface area contributed by atoms with Crippen molar-refractivity contribution in [1.29, 1.82) is 0 Å². The molecule has 1 aromatic heterocycles. The zero-order chi connectivity index (χ0) is 31.4. The van der Waals surface area contributed by atoms with Gasteiger partial charge in [0.05, 0.1) is 26.0 Å². The molecule has 0 saturated carbocycles. The van der Waals surface area contributed by atoms with E-state index >= 15 is 0 Å². The SMILES string of the molecule is COc1cc(Nc2nc(-c3cccc(NC(=O)c4ccc(C(C)(C)C)cc4)c3C)cn(C)c2=O)ccc1CN1CCOCC1. The maximum Gasteiger partial charge on any atom is 0.293 e. The first-order valence-corrected chi connectivity index (χ1v) is 14.9. The second-order valence-corrected chi connectivity index (χ2v) is 12.2. The van der Waals surface area contributed by atoms with Gasteiger partial charge in [-0.2, -0.15) is 0 Å². The molecule has 2 N–H and O–H groups in total. The molecule has 9 nitrogen and oxygen atoms in total. The highest BCUT2D eigenvalue weighted by Crippen LogP contribution is 2.30. The van der Waals surface area contributed by atoms with Gasteiger partial charge in [0.25, 0.3) is 11.5 Å². The van der Waals surface area contributed by atoms with E-state index in [-0.39, 0.29) is 22.7 Å². The molecule has 3 aromatic carbocycles. The maximum absolute atomic E-state index is 13.1. The summed E-state index contributed by atoms with van der Waals surface area (Å²) in [5, 5.41) is 6.25. The van der Waals surface area contributed by atoms with Crippen LogP contribution < -0.4 is 20.9 Å². The van der Waals surface area contributed by atoms with E-state index in [4.69, 9.17) is 14.5 Å². The van der Waals surface area contributed by atoms with E-state index in [1.165, 1.54) is 10.1 Å². The van der Waals surface area contributed by atoms with Crippen LogP contribution in [0.3, 0.4) is 0 Å². The number of carbonyl (C=O) groups excluding carboxylic acids is 1. The highest BCUT2D eigenvalue weighted by atomic mass is 16.5. The number of ether oxygens (including phenoxy) is 2. The molecule has 0 radical (unpaired) electrons. The largest absolute Gasteiger partial charge is 0.496 e. The van der Waals surface area contributed by atoms with E-state index in [1.54, 1.807) is 20.4 Å². The summed E-state index contributed by atoms with van der Waals surface area (Å²) in [7, 11) is 3.35. The first-order valence-electron chi connectivity index (χ1n) is 14.9. The van der Waals surface area contributed by atoms with E-state index in [1.807, 2.05) is 67.6 Å². The van der Waals surface area contributed by atoms with Crippen LogP contribution in [0, 0.1) is 6.92 Å². The van der Waals surface area contributed by atoms with Crippen LogP contribution in [0.4, 0.5) is 17.2 Å². The minimum Gasteiger partial charge on any atom is -0.496 e. The number of rotatable bonds is 8. The number of methoxy groups -OCH3 is 1. The van der Waals surface area contributed by atoms with Gasteiger partial charge >= 0.3 is 0 Å². The average Bonchev–Trinajstić information content (AvgIpc) is 3.01. The van der Waals surface area contributed by atoms with Crippen LogP contribution in [-0.4, -0.2) is 53.8 Å². The van der Waals surface area contributed by atoms with Gasteiger partial charge in [-0.15, -0.1) is 0 Å². The molecule has 0 unspecified atom stereocenters. The van der Waals surface area contributed by atoms with Crippen LogP contribution in [0.1, 0.15) is 47.8 Å². The molecule has 44 heavy (non-hydrogen) atoms. The zero-order valence-corrected chi connectivity index (χ0v) is 26.4. The Balaban J connectivity index is 1.38. The third-order valence-electron chi connectivity index (χ3n) is 7.99. The van der Waals surface area contributed by atoms with Crippen molar-refractivity contribution in [3.63, 3.8) is 0 Å². The number of aromatic nitrogens is 2. The van der Waals surface area contributed by atoms with Gasteiger partial charge in [-0.3, -0.25) is 14.5 Å². The maximum atomic E-state index is 13.1. The lowest BCUT2D eigenvalue weighted by atomic mass is 9.86. The molecule has 2 heterocycles. The topological polar surface area (TPSA) is 97.7 Å². The lowest BCUT2D eigenvalue weighted by Gasteiger charge is -2.27. The molecule has 1 aliphatic rings. The van der Waals surface area contributed by atoms with E-state index in [0.717, 1.165) is 55.3 Å². The number of nitrogens with one attached hydrogen (secondary N) is 2. The van der Waals surface area contributed by atoms with Gasteiger partial charge in [-0.05, 0) is 47.7 Å². The summed E-state index contributed by atoms with van der Waals surface area (Å²) < 4.78 is 12.7. The fourth-order valence-corrected chi connectivity index (χ4v) is 5.27. The minimum absolute atomic E-state index is 0.00890. The Morgan fingerprint density at radius 3 is 2.45 bits per heavy atom. The van der Waals surface area contributed by atoms with Gasteiger partial charge in [-0.25, -0.2) is 4.98 Å². The Morgan fingerprint density at radius 2 is 1.77 bits per heavy atom. The first kappa shape index (κ1) is 31.0. The molecule has 0 bridgehead atoms. The van der Waals surface area contributed by atoms with Crippen LogP contribution in [0.2, 0.25) is 0 Å². The summed E-state index contributed by atoms with van der Waals surface area (Å²) >= 11 is 0. The molecule has 0 aliphatic carbocycles. The summed E-state index contributed by atoms with van der Waals surface area (Å²) in [6.45, 7) is 12.3. The van der Waals surface area contributed by atoms with Crippen molar-refractivity contribution < 1.29 is 14.3 Å². The van der Waals surface area contributed by atoms with Crippen molar-refractivity contribution in [2.24, 2.45) is 7.05 Å². The highest BCUT2D eigenvalue weighted by Gasteiger charge is 2.18. The number of carbonyl (C=O) groups is 1. The summed E-state index contributed by atoms with van der Waals surface area (Å²) in [5.74, 6) is 0.745. The summed E-state index contributed by atoms with van der Waals surface area (Å²) in [6, 6.07) is 19.2. The molecule has 230 valence electrons. The third kappa shape index (κ3) is 7.01. The monoisotopic (exact) mass is 595 g/mol. The molecular formula is C35H41N5O4. The molecule has 5 rings (SSSR count). The molecule has 1 amide bonds. The van der Waals surface area contributed by atoms with Crippen molar-refractivity contribution in [3.8, 4) is 17.0 Å². The fraction of sp³-hybridized carbons (Fsp3) is 0.343. The average molecular weight is 596 g/mol. The molecule has 0 spiro atoms. The normalized spacial score (nSPS) is 13.9. The predicted molar refractivity (Wildman–Crippen MR) is 175 cm³/mol. The van der Waals surface area contributed by atoms with Gasteiger partial charge in [0, 0.05) is 67.0 Å². The van der Waals surface area contributed by atoms with Gasteiger partial charge in [-0.1, -0.05) is 51.1 Å². The Morgan fingerprint density at radius 1 is 1.05 bits per heavy atom. The summed E-state index contributed by atoms with van der Waals surface area (Å²) in [6.07, 6.45) is 1.71. The van der Waals surface area contributed by atoms with Crippen molar-refractivity contribution in [1.82, 2.24) is 14.5 Å². The lowest BCUT2D eigenvalue weighted by Crippen LogP contribution is -2.35. The Kier molecular flexibility index (Phi) is 9.17. The Bertz CT molecular complexity index is 1700. The second kappa shape index (κ2) is 13.0. The Hall–Kier alpha value is -4.47. The number of hydrogen-bond acceptors (Lipinski definition) is 7. The second-order valence-electron chi connectivity index (χ2n) is 12.2. The van der Waals surface area contributed by atoms with Crippen molar-refractivity contribution >= 4 is 23.1 Å². The number of morpholine rings is 1. The van der Waals surface area contributed by atoms with Gasteiger partial charge in [0.15, 0.2) is 5.82 Å². The highest BCUT2D eigenvalue weighted by molar-refractivity contribution is 6.05. The van der Waals surface area contributed by atoms with Crippen LogP contribution >= 0.6 is 0 Å². The third-order valence-corrected chi connectivity index (χ3v) is 7.99. The molecule has 9 heteroatoms. The van der Waals surface area contributed by atoms with Crippen LogP contribution in [0.15, 0.2) is 71.7 Å². The first-order chi connectivity index (χ1) is 21.0. The van der Waals surface area contributed by atoms with E-state index < -0.39 is 0 Å². The van der Waals surface area contributed by atoms with Crippen molar-refractivity contribution in [2.45, 2.75) is 39.7 Å².